The topological polar surface area (TPSA) is 36.9 Å². The van der Waals surface area contributed by atoms with E-state index in [1.165, 1.54) is 6.07 Å². The number of likely N-dealkylation sites (tertiary alicyclic amines) is 1. The molecule has 1 aromatic carbocycles. The summed E-state index contributed by atoms with van der Waals surface area (Å²) in [5, 5.41) is 3.28. The molecule has 2 fully saturated rings. The Morgan fingerprint density at radius 1 is 1.48 bits per heavy atom. The molecule has 7 heteroatoms. The number of hydrogen-bond acceptors (Lipinski definition) is 2. The summed E-state index contributed by atoms with van der Waals surface area (Å²) in [6.07, 6.45) is 2.26. The van der Waals surface area contributed by atoms with Gasteiger partial charge in [0.15, 0.2) is 5.96 Å². The number of nitrogens with one attached hydrogen (secondary N) is 1. The Kier molecular flexibility index (Phi) is 6.67. The molecule has 1 spiro atoms. The minimum atomic E-state index is -0.201. The van der Waals surface area contributed by atoms with Crippen molar-refractivity contribution in [2.45, 2.75) is 19.4 Å². The monoisotopic (exact) mass is 497 g/mol. The highest BCUT2D eigenvalue weighted by atomic mass is 127. The molecule has 1 aromatic rings. The van der Waals surface area contributed by atoms with Gasteiger partial charge in [-0.15, -0.1) is 24.0 Å². The summed E-state index contributed by atoms with van der Waals surface area (Å²) in [4.78, 5) is 6.60. The first-order valence-electron chi connectivity index (χ1n) is 7.59. The van der Waals surface area contributed by atoms with Crippen LogP contribution in [0, 0.1) is 11.2 Å². The predicted octanol–water partition coefficient (Wildman–Crippen LogP) is 3.39. The lowest BCUT2D eigenvalue weighted by atomic mass is 9.87. The van der Waals surface area contributed by atoms with E-state index in [1.54, 1.807) is 19.2 Å². The van der Waals surface area contributed by atoms with E-state index in [0.29, 0.717) is 17.5 Å². The van der Waals surface area contributed by atoms with Crippen LogP contribution in [0.2, 0.25) is 0 Å². The second-order valence-corrected chi connectivity index (χ2v) is 7.03. The quantitative estimate of drug-likeness (QED) is 0.386. The number of benzene rings is 1. The maximum absolute atomic E-state index is 13.8. The van der Waals surface area contributed by atoms with Crippen molar-refractivity contribution in [1.82, 2.24) is 10.2 Å². The van der Waals surface area contributed by atoms with Crippen LogP contribution in [0.3, 0.4) is 0 Å². The van der Waals surface area contributed by atoms with Gasteiger partial charge in [-0.3, -0.25) is 4.99 Å². The summed E-state index contributed by atoms with van der Waals surface area (Å²) in [6, 6.07) is 4.98. The predicted molar refractivity (Wildman–Crippen MR) is 104 cm³/mol. The van der Waals surface area contributed by atoms with Gasteiger partial charge in [0.2, 0.25) is 0 Å². The Hall–Kier alpha value is -0.410. The van der Waals surface area contributed by atoms with Crippen LogP contribution in [0.4, 0.5) is 4.39 Å². The van der Waals surface area contributed by atoms with Crippen LogP contribution in [-0.4, -0.2) is 44.2 Å². The molecule has 1 N–H and O–H groups in total. The van der Waals surface area contributed by atoms with Crippen LogP contribution >= 0.6 is 39.9 Å². The second-order valence-electron chi connectivity index (χ2n) is 6.11. The molecule has 2 aliphatic rings. The standard InChI is InChI=1S/C16H21BrFN3O.HI/c1-19-15(20-9-12-8-13(17)2-3-14(12)18)21-6-4-16(10-21)5-7-22-11-16;/h2-3,8H,4-7,9-11H2,1H3,(H,19,20);1H. The van der Waals surface area contributed by atoms with Gasteiger partial charge in [-0.05, 0) is 31.0 Å². The van der Waals surface area contributed by atoms with Gasteiger partial charge in [-0.25, -0.2) is 4.39 Å². The van der Waals surface area contributed by atoms with Gasteiger partial charge < -0.3 is 15.0 Å². The second kappa shape index (κ2) is 8.11. The highest BCUT2D eigenvalue weighted by molar-refractivity contribution is 14.0. The van der Waals surface area contributed by atoms with Crippen LogP contribution in [0.5, 0.6) is 0 Å². The van der Waals surface area contributed by atoms with Crippen molar-refractivity contribution in [3.63, 3.8) is 0 Å². The molecule has 2 aliphatic heterocycles. The minimum Gasteiger partial charge on any atom is -0.381 e. The molecule has 0 aromatic heterocycles. The Morgan fingerprint density at radius 3 is 3.00 bits per heavy atom. The Labute approximate surface area is 162 Å². The molecule has 1 unspecified atom stereocenters. The smallest absolute Gasteiger partial charge is 0.193 e. The average molecular weight is 498 g/mol. The summed E-state index contributed by atoms with van der Waals surface area (Å²) < 4.78 is 20.2. The molecular formula is C16H22BrFIN3O. The molecule has 0 bridgehead atoms. The van der Waals surface area contributed by atoms with E-state index in [2.05, 4.69) is 31.1 Å². The first-order chi connectivity index (χ1) is 10.6. The molecule has 0 amide bonds. The van der Waals surface area contributed by atoms with E-state index in [0.717, 1.165) is 49.6 Å². The van der Waals surface area contributed by atoms with E-state index < -0.39 is 0 Å². The van der Waals surface area contributed by atoms with E-state index >= 15 is 0 Å². The average Bonchev–Trinajstić information content (AvgIpc) is 3.14. The van der Waals surface area contributed by atoms with Crippen molar-refractivity contribution in [3.05, 3.63) is 34.1 Å². The van der Waals surface area contributed by atoms with E-state index in [1.807, 2.05) is 0 Å². The lowest BCUT2D eigenvalue weighted by Crippen LogP contribution is -2.41. The van der Waals surface area contributed by atoms with Gasteiger partial charge in [-0.1, -0.05) is 15.9 Å². The van der Waals surface area contributed by atoms with Gasteiger partial charge in [0.25, 0.3) is 0 Å². The molecular weight excluding hydrogens is 476 g/mol. The lowest BCUT2D eigenvalue weighted by molar-refractivity contribution is 0.156. The normalized spacial score (nSPS) is 24.1. The molecule has 2 saturated heterocycles. The van der Waals surface area contributed by atoms with Gasteiger partial charge in [0, 0.05) is 48.7 Å². The summed E-state index contributed by atoms with van der Waals surface area (Å²) >= 11 is 3.38. The maximum atomic E-state index is 13.8. The first-order valence-corrected chi connectivity index (χ1v) is 8.38. The Bertz CT molecular complexity index is 578. The summed E-state index contributed by atoms with van der Waals surface area (Å²) in [6.45, 7) is 4.08. The first kappa shape index (κ1) is 18.9. The van der Waals surface area contributed by atoms with Gasteiger partial charge >= 0.3 is 0 Å². The largest absolute Gasteiger partial charge is 0.381 e. The van der Waals surface area contributed by atoms with Gasteiger partial charge in [0.05, 0.1) is 6.61 Å². The third-order valence-electron chi connectivity index (χ3n) is 4.58. The number of ether oxygens (including phenoxy) is 1. The fraction of sp³-hybridized carbons (Fsp3) is 0.562. The fourth-order valence-corrected chi connectivity index (χ4v) is 3.68. The van der Waals surface area contributed by atoms with E-state index in [4.69, 9.17) is 4.74 Å². The van der Waals surface area contributed by atoms with Gasteiger partial charge in [-0.2, -0.15) is 0 Å². The minimum absolute atomic E-state index is 0. The van der Waals surface area contributed by atoms with Crippen molar-refractivity contribution in [2.24, 2.45) is 10.4 Å². The number of guanidine groups is 1. The van der Waals surface area contributed by atoms with Crippen LogP contribution in [0.1, 0.15) is 18.4 Å². The molecule has 3 rings (SSSR count). The van der Waals surface area contributed by atoms with Crippen LogP contribution < -0.4 is 5.32 Å². The van der Waals surface area contributed by atoms with E-state index in [9.17, 15) is 4.39 Å². The van der Waals surface area contributed by atoms with Crippen LogP contribution in [-0.2, 0) is 11.3 Å². The van der Waals surface area contributed by atoms with E-state index in [-0.39, 0.29) is 29.8 Å². The number of nitrogens with zero attached hydrogens (tertiary/aromatic N) is 2. The summed E-state index contributed by atoms with van der Waals surface area (Å²) in [5.74, 6) is 0.636. The molecule has 0 aliphatic carbocycles. The number of halogens is 3. The molecule has 2 heterocycles. The maximum Gasteiger partial charge on any atom is 0.193 e. The van der Waals surface area contributed by atoms with Crippen molar-refractivity contribution in [3.8, 4) is 0 Å². The zero-order valence-corrected chi connectivity index (χ0v) is 17.1. The molecule has 23 heavy (non-hydrogen) atoms. The highest BCUT2D eigenvalue weighted by Gasteiger charge is 2.42. The Balaban J connectivity index is 0.00000192. The number of hydrogen-bond donors (Lipinski definition) is 1. The molecule has 4 nitrogen and oxygen atoms in total. The van der Waals surface area contributed by atoms with Crippen molar-refractivity contribution >= 4 is 45.9 Å². The molecule has 1 atom stereocenters. The van der Waals surface area contributed by atoms with Crippen molar-refractivity contribution < 1.29 is 9.13 Å². The Morgan fingerprint density at radius 2 is 2.30 bits per heavy atom. The van der Waals surface area contributed by atoms with Crippen molar-refractivity contribution in [1.29, 1.82) is 0 Å². The van der Waals surface area contributed by atoms with Crippen LogP contribution in [0.15, 0.2) is 27.7 Å². The molecule has 0 radical (unpaired) electrons. The summed E-state index contributed by atoms with van der Waals surface area (Å²) in [7, 11) is 1.77. The third kappa shape index (κ3) is 4.36. The lowest BCUT2D eigenvalue weighted by Gasteiger charge is -2.25. The number of aliphatic imine (C=N–C) groups is 1. The SMILES string of the molecule is CN=C(NCc1cc(Br)ccc1F)N1CCC2(CCOC2)C1.I. The number of rotatable bonds is 2. The van der Waals surface area contributed by atoms with Crippen molar-refractivity contribution in [2.75, 3.05) is 33.4 Å². The zero-order chi connectivity index (χ0) is 15.6. The summed E-state index contributed by atoms with van der Waals surface area (Å²) in [5.41, 5.74) is 0.923. The highest BCUT2D eigenvalue weighted by Crippen LogP contribution is 2.38. The molecule has 128 valence electrons. The fourth-order valence-electron chi connectivity index (χ4n) is 3.27. The van der Waals surface area contributed by atoms with Crippen LogP contribution in [0.25, 0.3) is 0 Å². The third-order valence-corrected chi connectivity index (χ3v) is 5.07. The van der Waals surface area contributed by atoms with Gasteiger partial charge in [0.1, 0.15) is 5.82 Å². The zero-order valence-electron chi connectivity index (χ0n) is 13.1. The molecule has 0 saturated carbocycles.